The van der Waals surface area contributed by atoms with Crippen molar-refractivity contribution in [2.75, 3.05) is 13.2 Å². The maximum Gasteiger partial charge on any atom is 0.256 e. The molecule has 5 nitrogen and oxygen atoms in total. The molecule has 0 bridgehead atoms. The van der Waals surface area contributed by atoms with E-state index in [0.717, 1.165) is 5.56 Å². The highest BCUT2D eigenvalue weighted by Crippen LogP contribution is 2.21. The Morgan fingerprint density at radius 1 is 1.39 bits per heavy atom. The molecule has 0 aliphatic carbocycles. The van der Waals surface area contributed by atoms with E-state index in [1.807, 2.05) is 37.3 Å². The van der Waals surface area contributed by atoms with Crippen molar-refractivity contribution in [1.82, 2.24) is 15.1 Å². The van der Waals surface area contributed by atoms with Gasteiger partial charge in [-0.25, -0.2) is 0 Å². The summed E-state index contributed by atoms with van der Waals surface area (Å²) in [5.74, 6) is -0.163. The zero-order chi connectivity index (χ0) is 16.8. The van der Waals surface area contributed by atoms with Crippen molar-refractivity contribution in [2.45, 2.75) is 25.7 Å². The van der Waals surface area contributed by atoms with Gasteiger partial charge in [0.15, 0.2) is 0 Å². The Labute approximate surface area is 141 Å². The summed E-state index contributed by atoms with van der Waals surface area (Å²) in [5.41, 5.74) is 2.22. The lowest BCUT2D eigenvalue weighted by atomic mass is 9.96. The van der Waals surface area contributed by atoms with Crippen LogP contribution in [0.1, 0.15) is 40.9 Å². The van der Waals surface area contributed by atoms with Gasteiger partial charge >= 0.3 is 0 Å². The van der Waals surface area contributed by atoms with Crippen molar-refractivity contribution in [3.8, 4) is 0 Å². The summed E-state index contributed by atoms with van der Waals surface area (Å²) in [6.07, 6.45) is 1.23. The van der Waals surface area contributed by atoms with E-state index in [2.05, 4.69) is 10.4 Å². The number of halogens is 1. The molecule has 1 heterocycles. The van der Waals surface area contributed by atoms with E-state index in [0.29, 0.717) is 35.8 Å². The number of nitrogens with one attached hydrogen (secondary N) is 1. The molecule has 23 heavy (non-hydrogen) atoms. The highest BCUT2D eigenvalue weighted by Gasteiger charge is 2.21. The zero-order valence-electron chi connectivity index (χ0n) is 13.4. The fourth-order valence-corrected chi connectivity index (χ4v) is 2.83. The number of rotatable bonds is 7. The molecular formula is C17H22ClN3O2. The number of carbonyl (C=O) groups is 1. The van der Waals surface area contributed by atoms with E-state index in [-0.39, 0.29) is 18.4 Å². The van der Waals surface area contributed by atoms with Crippen LogP contribution in [0.4, 0.5) is 0 Å². The second-order valence-electron chi connectivity index (χ2n) is 5.42. The van der Waals surface area contributed by atoms with Gasteiger partial charge in [0.2, 0.25) is 0 Å². The zero-order valence-corrected chi connectivity index (χ0v) is 14.2. The van der Waals surface area contributed by atoms with E-state index < -0.39 is 0 Å². The third-order valence-electron chi connectivity index (χ3n) is 3.87. The Morgan fingerprint density at radius 3 is 2.70 bits per heavy atom. The topological polar surface area (TPSA) is 67.2 Å². The van der Waals surface area contributed by atoms with Gasteiger partial charge in [-0.05, 0) is 18.4 Å². The van der Waals surface area contributed by atoms with E-state index in [1.165, 1.54) is 4.68 Å². The van der Waals surface area contributed by atoms with Crippen LogP contribution in [0.25, 0.3) is 0 Å². The first-order valence-corrected chi connectivity index (χ1v) is 8.11. The van der Waals surface area contributed by atoms with E-state index in [9.17, 15) is 9.90 Å². The highest BCUT2D eigenvalue weighted by atomic mass is 35.5. The number of benzene rings is 1. The summed E-state index contributed by atoms with van der Waals surface area (Å²) in [6.45, 7) is 2.45. The number of nitrogens with zero attached hydrogens (tertiary/aromatic N) is 2. The van der Waals surface area contributed by atoms with Gasteiger partial charge in [-0.2, -0.15) is 5.10 Å². The SMILES string of the molecule is CCc1nn(C)c(Cl)c1C(=O)NCC(CCO)c1ccccc1. The van der Waals surface area contributed by atoms with Gasteiger partial charge in [-0.3, -0.25) is 9.48 Å². The first kappa shape index (κ1) is 17.5. The van der Waals surface area contributed by atoms with Crippen molar-refractivity contribution in [3.05, 3.63) is 52.3 Å². The third kappa shape index (κ3) is 4.12. The lowest BCUT2D eigenvalue weighted by Crippen LogP contribution is -2.29. The average Bonchev–Trinajstić information content (AvgIpc) is 2.86. The molecule has 1 aromatic heterocycles. The minimum Gasteiger partial charge on any atom is -0.396 e. The summed E-state index contributed by atoms with van der Waals surface area (Å²) < 4.78 is 1.51. The maximum absolute atomic E-state index is 12.5. The number of hydrogen-bond donors (Lipinski definition) is 2. The van der Waals surface area contributed by atoms with Crippen LogP contribution in [0, 0.1) is 0 Å². The molecule has 2 rings (SSSR count). The molecule has 2 aromatic rings. The highest BCUT2D eigenvalue weighted by molar-refractivity contribution is 6.33. The van der Waals surface area contributed by atoms with Crippen LogP contribution in [0.2, 0.25) is 5.15 Å². The molecule has 0 fully saturated rings. The third-order valence-corrected chi connectivity index (χ3v) is 4.30. The maximum atomic E-state index is 12.5. The minimum atomic E-state index is -0.223. The number of carbonyl (C=O) groups excluding carboxylic acids is 1. The van der Waals surface area contributed by atoms with Crippen molar-refractivity contribution >= 4 is 17.5 Å². The summed E-state index contributed by atoms with van der Waals surface area (Å²) >= 11 is 6.18. The molecule has 124 valence electrons. The minimum absolute atomic E-state index is 0.0608. The molecule has 1 unspecified atom stereocenters. The molecule has 0 radical (unpaired) electrons. The normalized spacial score (nSPS) is 12.2. The van der Waals surface area contributed by atoms with Crippen LogP contribution in [0.5, 0.6) is 0 Å². The molecule has 2 N–H and O–H groups in total. The lowest BCUT2D eigenvalue weighted by Gasteiger charge is -2.17. The number of hydrogen-bond acceptors (Lipinski definition) is 3. The van der Waals surface area contributed by atoms with Gasteiger partial charge < -0.3 is 10.4 Å². The Morgan fingerprint density at radius 2 is 2.09 bits per heavy atom. The number of aromatic nitrogens is 2. The number of aliphatic hydroxyl groups is 1. The summed E-state index contributed by atoms with van der Waals surface area (Å²) in [4.78, 5) is 12.5. The summed E-state index contributed by atoms with van der Waals surface area (Å²) in [7, 11) is 1.72. The summed E-state index contributed by atoms with van der Waals surface area (Å²) in [5, 5.41) is 16.8. The van der Waals surface area contributed by atoms with Gasteiger partial charge in [-0.15, -0.1) is 0 Å². The molecule has 1 aromatic carbocycles. The van der Waals surface area contributed by atoms with E-state index >= 15 is 0 Å². The predicted molar refractivity (Wildman–Crippen MR) is 90.8 cm³/mol. The average molecular weight is 336 g/mol. The second-order valence-corrected chi connectivity index (χ2v) is 5.78. The Kier molecular flexibility index (Phi) is 6.19. The van der Waals surface area contributed by atoms with Crippen LogP contribution in [0.3, 0.4) is 0 Å². The monoisotopic (exact) mass is 335 g/mol. The van der Waals surface area contributed by atoms with Crippen molar-refractivity contribution < 1.29 is 9.90 Å². The molecule has 0 aliphatic rings. The molecule has 6 heteroatoms. The first-order valence-electron chi connectivity index (χ1n) is 7.73. The van der Waals surface area contributed by atoms with Crippen molar-refractivity contribution in [3.63, 3.8) is 0 Å². The molecule has 0 spiro atoms. The summed E-state index contributed by atoms with van der Waals surface area (Å²) in [6, 6.07) is 9.85. The molecule has 1 atom stereocenters. The molecule has 1 amide bonds. The van der Waals surface area contributed by atoms with Gasteiger partial charge in [0.25, 0.3) is 5.91 Å². The molecule has 0 saturated heterocycles. The number of aryl methyl sites for hydroxylation is 2. The smallest absolute Gasteiger partial charge is 0.256 e. The Bertz CT molecular complexity index is 655. The largest absolute Gasteiger partial charge is 0.396 e. The molecule has 0 saturated carbocycles. The Hall–Kier alpha value is -1.85. The van der Waals surface area contributed by atoms with Gasteiger partial charge in [0.1, 0.15) is 5.15 Å². The fourth-order valence-electron chi connectivity index (χ4n) is 2.60. The van der Waals surface area contributed by atoms with Crippen molar-refractivity contribution in [2.24, 2.45) is 7.05 Å². The number of amides is 1. The van der Waals surface area contributed by atoms with Crippen LogP contribution in [-0.2, 0) is 13.5 Å². The van der Waals surface area contributed by atoms with Crippen LogP contribution in [-0.4, -0.2) is 33.9 Å². The van der Waals surface area contributed by atoms with Gasteiger partial charge in [0, 0.05) is 26.1 Å². The van der Waals surface area contributed by atoms with Crippen LogP contribution >= 0.6 is 11.6 Å². The predicted octanol–water partition coefficient (Wildman–Crippen LogP) is 2.53. The van der Waals surface area contributed by atoms with E-state index in [4.69, 9.17) is 11.6 Å². The number of aliphatic hydroxyl groups excluding tert-OH is 1. The van der Waals surface area contributed by atoms with Gasteiger partial charge in [-0.1, -0.05) is 48.9 Å². The first-order chi connectivity index (χ1) is 11.1. The van der Waals surface area contributed by atoms with Crippen molar-refractivity contribution in [1.29, 1.82) is 0 Å². The van der Waals surface area contributed by atoms with Crippen LogP contribution < -0.4 is 5.32 Å². The van der Waals surface area contributed by atoms with Gasteiger partial charge in [0.05, 0.1) is 11.3 Å². The quantitative estimate of drug-likeness (QED) is 0.817. The van der Waals surface area contributed by atoms with Crippen LogP contribution in [0.15, 0.2) is 30.3 Å². The second kappa shape index (κ2) is 8.13. The fraction of sp³-hybridized carbons (Fsp3) is 0.412. The van der Waals surface area contributed by atoms with E-state index in [1.54, 1.807) is 7.05 Å². The lowest BCUT2D eigenvalue weighted by molar-refractivity contribution is 0.0948. The Balaban J connectivity index is 2.11. The molecule has 0 aliphatic heterocycles. The standard InChI is InChI=1S/C17H22ClN3O2/c1-3-14-15(16(18)21(2)20-14)17(23)19-11-13(9-10-22)12-7-5-4-6-8-12/h4-8,13,22H,3,9-11H2,1-2H3,(H,19,23). The molecular weight excluding hydrogens is 314 g/mol.